The average molecular weight is 659 g/mol. The monoisotopic (exact) mass is 658 g/mol. The Kier molecular flexibility index (Phi) is 9.38. The Balaban J connectivity index is 1.17. The Hall–Kier alpha value is -7.12. The third-order valence-corrected chi connectivity index (χ3v) is 9.15. The molecule has 0 spiro atoms. The smallest absolute Gasteiger partial charge is 0.0249 e. The van der Waals surface area contributed by atoms with Crippen LogP contribution in [0.1, 0.15) is 44.5 Å². The van der Waals surface area contributed by atoms with E-state index in [0.29, 0.717) is 0 Å². The van der Waals surface area contributed by atoms with Gasteiger partial charge in [-0.05, 0) is 103 Å². The number of benzene rings is 8. The molecule has 0 aliphatic heterocycles. The molecule has 0 N–H and O–H groups in total. The molecule has 0 unspecified atom stereocenters. The SMILES string of the molecule is C(#Cc1ccc(/C=C/c2ccc3ccccc3c2-c2c(/C=C/c3ccc(C#Cc4ccccc4)cc3)ccc3ccccc23)cc1)c1ccccc1. The molecule has 0 aromatic heterocycles. The van der Waals surface area contributed by atoms with Crippen molar-refractivity contribution in [3.05, 3.63) is 226 Å². The van der Waals surface area contributed by atoms with Crippen LogP contribution in [0.4, 0.5) is 0 Å². The summed E-state index contributed by atoms with van der Waals surface area (Å²) in [6, 6.07) is 63.4. The predicted molar refractivity (Wildman–Crippen MR) is 222 cm³/mol. The van der Waals surface area contributed by atoms with Gasteiger partial charge >= 0.3 is 0 Å². The molecule has 8 aromatic rings. The minimum Gasteiger partial charge on any atom is -0.0622 e. The molecule has 0 heterocycles. The van der Waals surface area contributed by atoms with E-state index in [4.69, 9.17) is 0 Å². The molecule has 0 saturated carbocycles. The summed E-state index contributed by atoms with van der Waals surface area (Å²) in [5.41, 5.74) is 11.0. The Labute approximate surface area is 306 Å². The summed E-state index contributed by atoms with van der Waals surface area (Å²) >= 11 is 0. The van der Waals surface area contributed by atoms with E-state index < -0.39 is 0 Å². The normalized spacial score (nSPS) is 11.0. The molecule has 0 aliphatic carbocycles. The van der Waals surface area contributed by atoms with E-state index in [1.54, 1.807) is 0 Å². The van der Waals surface area contributed by atoms with E-state index >= 15 is 0 Å². The zero-order valence-corrected chi connectivity index (χ0v) is 28.6. The van der Waals surface area contributed by atoms with E-state index in [1.165, 1.54) is 43.8 Å². The third-order valence-electron chi connectivity index (χ3n) is 9.15. The highest BCUT2D eigenvalue weighted by Gasteiger charge is 2.15. The van der Waals surface area contributed by atoms with Crippen LogP contribution in [-0.4, -0.2) is 0 Å². The van der Waals surface area contributed by atoms with Crippen molar-refractivity contribution in [2.45, 2.75) is 0 Å². The molecule has 0 atom stereocenters. The van der Waals surface area contributed by atoms with Crippen LogP contribution in [0.3, 0.4) is 0 Å². The van der Waals surface area contributed by atoms with Gasteiger partial charge in [-0.25, -0.2) is 0 Å². The molecule has 8 rings (SSSR count). The molecule has 0 radical (unpaired) electrons. The maximum Gasteiger partial charge on any atom is 0.0249 e. The molecule has 0 nitrogen and oxygen atoms in total. The number of hydrogen-bond acceptors (Lipinski definition) is 0. The van der Waals surface area contributed by atoms with Gasteiger partial charge in [0, 0.05) is 22.3 Å². The highest BCUT2D eigenvalue weighted by Crippen LogP contribution is 2.40. The van der Waals surface area contributed by atoms with Gasteiger partial charge in [0.25, 0.3) is 0 Å². The van der Waals surface area contributed by atoms with Crippen LogP contribution in [0.15, 0.2) is 182 Å². The van der Waals surface area contributed by atoms with E-state index in [9.17, 15) is 0 Å². The van der Waals surface area contributed by atoms with Gasteiger partial charge in [0.05, 0.1) is 0 Å². The standard InChI is InChI=1S/C52H34/c1-3-11-39(12-4-1)19-21-41-23-27-43(28-24-41)31-33-47-37-35-45-15-7-9-17-49(45)51(47)52-48(38-36-46-16-8-10-18-50(46)52)34-32-44-29-25-42(26-30-44)22-20-40-13-5-2-6-14-40/h1-18,23-38H/b33-31+,34-32+. The lowest BCUT2D eigenvalue weighted by Gasteiger charge is -2.17. The van der Waals surface area contributed by atoms with Gasteiger partial charge in [0.15, 0.2) is 0 Å². The summed E-state index contributed by atoms with van der Waals surface area (Å²) in [6.07, 6.45) is 8.89. The fourth-order valence-corrected chi connectivity index (χ4v) is 6.47. The molecule has 0 saturated heterocycles. The van der Waals surface area contributed by atoms with Crippen LogP contribution < -0.4 is 0 Å². The second-order valence-electron chi connectivity index (χ2n) is 12.6. The summed E-state index contributed by atoms with van der Waals surface area (Å²) in [6.45, 7) is 0. The molecule has 242 valence electrons. The van der Waals surface area contributed by atoms with E-state index in [1.807, 2.05) is 60.7 Å². The van der Waals surface area contributed by atoms with Gasteiger partial charge in [0.2, 0.25) is 0 Å². The largest absolute Gasteiger partial charge is 0.0622 e. The minimum atomic E-state index is 0.995. The van der Waals surface area contributed by atoms with Crippen molar-refractivity contribution in [1.29, 1.82) is 0 Å². The van der Waals surface area contributed by atoms with Crippen molar-refractivity contribution in [2.75, 3.05) is 0 Å². The van der Waals surface area contributed by atoms with Crippen molar-refractivity contribution in [3.63, 3.8) is 0 Å². The summed E-state index contributed by atoms with van der Waals surface area (Å²) in [5, 5.41) is 4.88. The van der Waals surface area contributed by atoms with E-state index in [-0.39, 0.29) is 0 Å². The lowest BCUT2D eigenvalue weighted by Crippen LogP contribution is -1.92. The summed E-state index contributed by atoms with van der Waals surface area (Å²) in [7, 11) is 0. The van der Waals surface area contributed by atoms with Crippen LogP contribution in [0.2, 0.25) is 0 Å². The molecule has 52 heavy (non-hydrogen) atoms. The van der Waals surface area contributed by atoms with Crippen molar-refractivity contribution in [3.8, 4) is 34.8 Å². The first-order valence-corrected chi connectivity index (χ1v) is 17.5. The van der Waals surface area contributed by atoms with Gasteiger partial charge in [0.1, 0.15) is 0 Å². The van der Waals surface area contributed by atoms with Gasteiger partial charge in [-0.2, -0.15) is 0 Å². The van der Waals surface area contributed by atoms with Gasteiger partial charge in [-0.1, -0.05) is 181 Å². The first-order valence-electron chi connectivity index (χ1n) is 17.5. The van der Waals surface area contributed by atoms with Crippen molar-refractivity contribution in [2.24, 2.45) is 0 Å². The topological polar surface area (TPSA) is 0 Å². The van der Waals surface area contributed by atoms with Gasteiger partial charge in [-0.3, -0.25) is 0 Å². The van der Waals surface area contributed by atoms with Crippen LogP contribution >= 0.6 is 0 Å². The molecule has 0 fully saturated rings. The Morgan fingerprint density at radius 2 is 0.615 bits per heavy atom. The Morgan fingerprint density at radius 3 is 1.02 bits per heavy atom. The lowest BCUT2D eigenvalue weighted by molar-refractivity contribution is 1.60. The molecular weight excluding hydrogens is 625 g/mol. The van der Waals surface area contributed by atoms with E-state index in [0.717, 1.165) is 33.4 Å². The van der Waals surface area contributed by atoms with Crippen LogP contribution in [0.25, 0.3) is 57.0 Å². The molecule has 0 bridgehead atoms. The highest BCUT2D eigenvalue weighted by molar-refractivity contribution is 6.11. The van der Waals surface area contributed by atoms with Gasteiger partial charge < -0.3 is 0 Å². The van der Waals surface area contributed by atoms with Crippen LogP contribution in [0.5, 0.6) is 0 Å². The predicted octanol–water partition coefficient (Wildman–Crippen LogP) is 12.8. The first-order chi connectivity index (χ1) is 25.8. The second kappa shape index (κ2) is 15.2. The fourth-order valence-electron chi connectivity index (χ4n) is 6.47. The number of hydrogen-bond donors (Lipinski definition) is 0. The molecular formula is C52H34. The maximum atomic E-state index is 3.29. The first kappa shape index (κ1) is 32.1. The van der Waals surface area contributed by atoms with Crippen molar-refractivity contribution >= 4 is 45.8 Å². The van der Waals surface area contributed by atoms with Crippen LogP contribution in [-0.2, 0) is 0 Å². The second-order valence-corrected chi connectivity index (χ2v) is 12.6. The maximum absolute atomic E-state index is 3.29. The lowest BCUT2D eigenvalue weighted by atomic mass is 9.86. The van der Waals surface area contributed by atoms with Crippen molar-refractivity contribution < 1.29 is 0 Å². The highest BCUT2D eigenvalue weighted by atomic mass is 14.2. The molecule has 8 aromatic carbocycles. The van der Waals surface area contributed by atoms with Crippen molar-refractivity contribution in [1.82, 2.24) is 0 Å². The fraction of sp³-hybridized carbons (Fsp3) is 0. The zero-order chi connectivity index (χ0) is 35.0. The number of fused-ring (bicyclic) bond motifs is 2. The summed E-state index contributed by atoms with van der Waals surface area (Å²) in [5.74, 6) is 13.1. The Morgan fingerprint density at radius 1 is 0.269 bits per heavy atom. The Bertz CT molecular complexity index is 2500. The number of rotatable bonds is 5. The zero-order valence-electron chi connectivity index (χ0n) is 28.6. The summed E-state index contributed by atoms with van der Waals surface area (Å²) in [4.78, 5) is 0. The molecule has 0 heteroatoms. The average Bonchev–Trinajstić information content (AvgIpc) is 3.22. The third kappa shape index (κ3) is 7.39. The van der Waals surface area contributed by atoms with Crippen LogP contribution in [0, 0.1) is 23.7 Å². The minimum absolute atomic E-state index is 0.995. The quantitative estimate of drug-likeness (QED) is 0.128. The molecule has 0 aliphatic rings. The van der Waals surface area contributed by atoms with E-state index in [2.05, 4.69) is 169 Å². The molecule has 0 amide bonds. The summed E-state index contributed by atoms with van der Waals surface area (Å²) < 4.78 is 0. The van der Waals surface area contributed by atoms with Gasteiger partial charge in [-0.15, -0.1) is 0 Å².